The molecule has 7 nitrogen and oxygen atoms in total. The molecule has 1 rings (SSSR count). The summed E-state index contributed by atoms with van der Waals surface area (Å²) >= 11 is 5.60. The number of alkyl halides is 1. The number of ether oxygens (including phenoxy) is 1. The SMILES string of the molecule is COCC(CCCl)NC(=O)c1cc([N+](=O)[O-])c[nH]1. The van der Waals surface area contributed by atoms with Crippen LogP contribution in [-0.2, 0) is 4.74 Å². The lowest BCUT2D eigenvalue weighted by Gasteiger charge is -2.15. The summed E-state index contributed by atoms with van der Waals surface area (Å²) in [6.45, 7) is 0.335. The Bertz CT molecular complexity index is 415. The molecule has 0 radical (unpaired) electrons. The van der Waals surface area contributed by atoms with Gasteiger partial charge < -0.3 is 15.0 Å². The molecule has 0 spiro atoms. The Morgan fingerprint density at radius 3 is 2.94 bits per heavy atom. The number of aromatic nitrogens is 1. The third kappa shape index (κ3) is 4.01. The van der Waals surface area contributed by atoms with Gasteiger partial charge in [-0.1, -0.05) is 0 Å². The molecule has 18 heavy (non-hydrogen) atoms. The molecule has 0 aliphatic rings. The molecule has 0 saturated carbocycles. The molecule has 100 valence electrons. The summed E-state index contributed by atoms with van der Waals surface area (Å²) < 4.78 is 4.94. The Hall–Kier alpha value is -1.60. The van der Waals surface area contributed by atoms with E-state index >= 15 is 0 Å². The normalized spacial score (nSPS) is 12.1. The number of H-pyrrole nitrogens is 1. The number of nitrogens with zero attached hydrogens (tertiary/aromatic N) is 1. The van der Waals surface area contributed by atoms with Crippen molar-refractivity contribution >= 4 is 23.2 Å². The fraction of sp³-hybridized carbons (Fsp3) is 0.500. The van der Waals surface area contributed by atoms with E-state index in [-0.39, 0.29) is 17.4 Å². The average Bonchev–Trinajstić information content (AvgIpc) is 2.79. The number of halogens is 1. The lowest BCUT2D eigenvalue weighted by molar-refractivity contribution is -0.384. The second-order valence-corrected chi connectivity index (χ2v) is 4.01. The first-order valence-electron chi connectivity index (χ1n) is 5.27. The molecule has 1 heterocycles. The Morgan fingerprint density at radius 2 is 2.44 bits per heavy atom. The second-order valence-electron chi connectivity index (χ2n) is 3.63. The molecule has 1 amide bonds. The molecule has 8 heteroatoms. The number of hydrogen-bond acceptors (Lipinski definition) is 4. The van der Waals surface area contributed by atoms with E-state index in [0.29, 0.717) is 18.9 Å². The number of amides is 1. The van der Waals surface area contributed by atoms with Crippen LogP contribution in [0.3, 0.4) is 0 Å². The summed E-state index contributed by atoms with van der Waals surface area (Å²) in [5, 5.41) is 13.2. The number of hydrogen-bond donors (Lipinski definition) is 2. The largest absolute Gasteiger partial charge is 0.383 e. The molecule has 1 aromatic heterocycles. The summed E-state index contributed by atoms with van der Waals surface area (Å²) in [6.07, 6.45) is 1.73. The van der Waals surface area contributed by atoms with Crippen LogP contribution in [0.1, 0.15) is 16.9 Å². The molecule has 1 unspecified atom stereocenters. The number of nitro groups is 1. The molecule has 0 fully saturated rings. The van der Waals surface area contributed by atoms with E-state index in [1.807, 2.05) is 0 Å². The number of aromatic amines is 1. The standard InChI is InChI=1S/C10H14ClN3O4/c1-18-6-7(2-3-11)13-10(15)9-4-8(5-12-9)14(16)17/h4-5,7,12H,2-3,6H2,1H3,(H,13,15). The van der Waals surface area contributed by atoms with Crippen LogP contribution in [0.15, 0.2) is 12.3 Å². The maximum absolute atomic E-state index is 11.8. The quantitative estimate of drug-likeness (QED) is 0.445. The highest BCUT2D eigenvalue weighted by molar-refractivity contribution is 6.17. The first-order chi connectivity index (χ1) is 8.58. The number of rotatable bonds is 7. The van der Waals surface area contributed by atoms with Gasteiger partial charge in [0.05, 0.1) is 23.8 Å². The number of carbonyl (C=O) groups excluding carboxylic acids is 1. The fourth-order valence-electron chi connectivity index (χ4n) is 1.41. The van der Waals surface area contributed by atoms with Gasteiger partial charge in [-0.2, -0.15) is 0 Å². The number of methoxy groups -OCH3 is 1. The molecule has 0 aromatic carbocycles. The van der Waals surface area contributed by atoms with E-state index in [4.69, 9.17) is 16.3 Å². The second kappa shape index (κ2) is 6.97. The van der Waals surface area contributed by atoms with Crippen LogP contribution in [0.4, 0.5) is 5.69 Å². The van der Waals surface area contributed by atoms with E-state index in [1.54, 1.807) is 0 Å². The highest BCUT2D eigenvalue weighted by atomic mass is 35.5. The van der Waals surface area contributed by atoms with E-state index in [1.165, 1.54) is 19.4 Å². The zero-order chi connectivity index (χ0) is 13.5. The maximum atomic E-state index is 11.8. The van der Waals surface area contributed by atoms with Crippen LogP contribution >= 0.6 is 11.6 Å². The lowest BCUT2D eigenvalue weighted by Crippen LogP contribution is -2.38. The van der Waals surface area contributed by atoms with E-state index in [2.05, 4.69) is 10.3 Å². The Balaban J connectivity index is 2.64. The lowest BCUT2D eigenvalue weighted by atomic mass is 10.2. The summed E-state index contributed by atoms with van der Waals surface area (Å²) in [6, 6.07) is 0.960. The van der Waals surface area contributed by atoms with Crippen molar-refractivity contribution in [3.63, 3.8) is 0 Å². The molecule has 1 aromatic rings. The van der Waals surface area contributed by atoms with Gasteiger partial charge in [0.2, 0.25) is 0 Å². The minimum atomic E-state index is -0.571. The third-order valence-electron chi connectivity index (χ3n) is 2.28. The third-order valence-corrected chi connectivity index (χ3v) is 2.50. The Morgan fingerprint density at radius 1 is 1.72 bits per heavy atom. The van der Waals surface area contributed by atoms with Gasteiger partial charge in [0.25, 0.3) is 11.6 Å². The van der Waals surface area contributed by atoms with Crippen LogP contribution in [-0.4, -0.2) is 41.5 Å². The van der Waals surface area contributed by atoms with Crippen molar-refractivity contribution in [2.75, 3.05) is 19.6 Å². The summed E-state index contributed by atoms with van der Waals surface area (Å²) in [4.78, 5) is 24.2. The number of carbonyl (C=O) groups is 1. The molecule has 0 bridgehead atoms. The van der Waals surface area contributed by atoms with Gasteiger partial charge >= 0.3 is 0 Å². The highest BCUT2D eigenvalue weighted by Crippen LogP contribution is 2.12. The predicted molar refractivity (Wildman–Crippen MR) is 65.9 cm³/mol. The van der Waals surface area contributed by atoms with Gasteiger partial charge in [-0.15, -0.1) is 11.6 Å². The van der Waals surface area contributed by atoms with Crippen LogP contribution in [0.5, 0.6) is 0 Å². The minimum absolute atomic E-state index is 0.136. The van der Waals surface area contributed by atoms with Crippen LogP contribution in [0.2, 0.25) is 0 Å². The van der Waals surface area contributed by atoms with Gasteiger partial charge in [0, 0.05) is 19.1 Å². The first kappa shape index (κ1) is 14.5. The van der Waals surface area contributed by atoms with Gasteiger partial charge in [-0.25, -0.2) is 0 Å². The molecular formula is C10H14ClN3O4. The highest BCUT2D eigenvalue weighted by Gasteiger charge is 2.17. The zero-order valence-corrected chi connectivity index (χ0v) is 10.6. The summed E-state index contributed by atoms with van der Waals surface area (Å²) in [5.74, 6) is -0.0330. The van der Waals surface area contributed by atoms with E-state index in [9.17, 15) is 14.9 Å². The minimum Gasteiger partial charge on any atom is -0.383 e. The summed E-state index contributed by atoms with van der Waals surface area (Å²) in [7, 11) is 1.52. The molecule has 1 atom stereocenters. The van der Waals surface area contributed by atoms with Crippen LogP contribution in [0.25, 0.3) is 0 Å². The van der Waals surface area contributed by atoms with Gasteiger partial charge in [0.1, 0.15) is 5.69 Å². The molecule has 0 aliphatic carbocycles. The van der Waals surface area contributed by atoms with Crippen LogP contribution < -0.4 is 5.32 Å². The van der Waals surface area contributed by atoms with E-state index in [0.717, 1.165) is 0 Å². The fourth-order valence-corrected chi connectivity index (χ4v) is 1.68. The van der Waals surface area contributed by atoms with E-state index < -0.39 is 10.8 Å². The van der Waals surface area contributed by atoms with Gasteiger partial charge in [-0.3, -0.25) is 14.9 Å². The van der Waals surface area contributed by atoms with Crippen molar-refractivity contribution in [2.24, 2.45) is 0 Å². The molecule has 2 N–H and O–H groups in total. The zero-order valence-electron chi connectivity index (χ0n) is 9.81. The first-order valence-corrected chi connectivity index (χ1v) is 5.80. The van der Waals surface area contributed by atoms with Crippen molar-refractivity contribution in [1.29, 1.82) is 0 Å². The van der Waals surface area contributed by atoms with Crippen molar-refractivity contribution in [3.8, 4) is 0 Å². The van der Waals surface area contributed by atoms with Gasteiger partial charge in [0.15, 0.2) is 0 Å². The van der Waals surface area contributed by atoms with Crippen molar-refractivity contribution < 1.29 is 14.5 Å². The summed E-state index contributed by atoms with van der Waals surface area (Å²) in [5.41, 5.74) is -0.0156. The Kier molecular flexibility index (Phi) is 5.60. The molecular weight excluding hydrogens is 262 g/mol. The Labute approximate surface area is 109 Å². The van der Waals surface area contributed by atoms with Crippen molar-refractivity contribution in [3.05, 3.63) is 28.1 Å². The van der Waals surface area contributed by atoms with Gasteiger partial charge in [-0.05, 0) is 6.42 Å². The van der Waals surface area contributed by atoms with Crippen LogP contribution in [0, 0.1) is 10.1 Å². The number of nitrogens with one attached hydrogen (secondary N) is 2. The predicted octanol–water partition coefficient (Wildman–Crippen LogP) is 1.30. The van der Waals surface area contributed by atoms with Crippen molar-refractivity contribution in [1.82, 2.24) is 10.3 Å². The smallest absolute Gasteiger partial charge is 0.287 e. The topological polar surface area (TPSA) is 97.3 Å². The maximum Gasteiger partial charge on any atom is 0.287 e. The molecule has 0 saturated heterocycles. The average molecular weight is 276 g/mol. The monoisotopic (exact) mass is 275 g/mol. The van der Waals surface area contributed by atoms with Crippen molar-refractivity contribution in [2.45, 2.75) is 12.5 Å². The molecule has 0 aliphatic heterocycles.